The fourth-order valence-electron chi connectivity index (χ4n) is 4.08. The highest BCUT2D eigenvalue weighted by molar-refractivity contribution is 8.01. The summed E-state index contributed by atoms with van der Waals surface area (Å²) < 4.78 is 0.532. The normalized spacial score (nSPS) is 22.3. The van der Waals surface area contributed by atoms with Crippen molar-refractivity contribution in [2.45, 2.75) is 16.2 Å². The van der Waals surface area contributed by atoms with E-state index in [4.69, 9.17) is 12.2 Å². The van der Waals surface area contributed by atoms with Crippen molar-refractivity contribution in [3.05, 3.63) is 73.0 Å². The Morgan fingerprint density at radius 1 is 1.10 bits per heavy atom. The topological polar surface area (TPSA) is 117 Å². The zero-order valence-electron chi connectivity index (χ0n) is 15.6. The van der Waals surface area contributed by atoms with Crippen LogP contribution in [0.5, 0.6) is 5.75 Å². The van der Waals surface area contributed by atoms with Crippen molar-refractivity contribution in [3.8, 4) is 5.75 Å². The first-order valence-electron chi connectivity index (χ1n) is 9.16. The zero-order chi connectivity index (χ0) is 21.9. The van der Waals surface area contributed by atoms with E-state index >= 15 is 0 Å². The third-order valence-electron chi connectivity index (χ3n) is 5.41. The van der Waals surface area contributed by atoms with E-state index in [1.54, 1.807) is 24.3 Å². The number of nitrogens with one attached hydrogen (secondary N) is 1. The highest BCUT2D eigenvalue weighted by atomic mass is 32.2. The number of carbonyl (C=O) groups excluding carboxylic acids is 2. The van der Waals surface area contributed by atoms with Crippen LogP contribution in [0.3, 0.4) is 0 Å². The highest BCUT2D eigenvalue weighted by Crippen LogP contribution is 2.55. The summed E-state index contributed by atoms with van der Waals surface area (Å²) in [7, 11) is 0. The summed E-state index contributed by atoms with van der Waals surface area (Å²) >= 11 is 7.88. The van der Waals surface area contributed by atoms with Gasteiger partial charge in [0, 0.05) is 28.5 Å². The summed E-state index contributed by atoms with van der Waals surface area (Å²) in [5, 5.41) is 21.5. The molecule has 3 heterocycles. The fourth-order valence-corrected chi connectivity index (χ4v) is 7.03. The third-order valence-corrected chi connectivity index (χ3v) is 8.17. The summed E-state index contributed by atoms with van der Waals surface area (Å²) in [5.41, 5.74) is 0.704. The van der Waals surface area contributed by atoms with Crippen LogP contribution in [0.4, 0.5) is 11.4 Å². The Bertz CT molecular complexity index is 1300. The molecule has 31 heavy (non-hydrogen) atoms. The number of H-pyrrole nitrogens is 1. The van der Waals surface area contributed by atoms with E-state index in [-0.39, 0.29) is 17.1 Å². The number of aromatic nitrogens is 1. The van der Waals surface area contributed by atoms with Crippen LogP contribution >= 0.6 is 35.3 Å². The molecule has 5 rings (SSSR count). The van der Waals surface area contributed by atoms with Crippen LogP contribution in [0.2, 0.25) is 0 Å². The number of anilines is 1. The molecule has 2 aliphatic rings. The lowest BCUT2D eigenvalue weighted by Crippen LogP contribution is -2.32. The van der Waals surface area contributed by atoms with Gasteiger partial charge in [-0.3, -0.25) is 19.7 Å². The minimum absolute atomic E-state index is 0.0393. The number of non-ortho nitro benzene ring substituents is 1. The largest absolute Gasteiger partial charge is 0.508 e. The average molecular weight is 472 g/mol. The number of imide groups is 1. The molecular formula is C20H13N3O5S3. The maximum Gasteiger partial charge on any atom is 0.269 e. The standard InChI is InChI=1S/C20H13N3O5S3/c24-12-4-2-1-3-11(12)13-14-16(30-17-15(13)31-20(29)21-17)19(26)22(18(14)25)9-5-7-10(8-6-9)23(27)28/h1-8,13-14,16,24H,(H,21,29). The molecule has 0 radical (unpaired) electrons. The molecule has 3 atom stereocenters. The number of phenols is 1. The maximum atomic E-state index is 13.5. The summed E-state index contributed by atoms with van der Waals surface area (Å²) in [4.78, 5) is 42.2. The van der Waals surface area contributed by atoms with Gasteiger partial charge in [-0.2, -0.15) is 0 Å². The SMILES string of the molecule is O=C1C2Sc3[nH]c(=S)sc3C(c3ccccc3O)C2C(=O)N1c1ccc([N+](=O)[O-])cc1. The summed E-state index contributed by atoms with van der Waals surface area (Å²) in [5.74, 6) is -2.05. The van der Waals surface area contributed by atoms with Crippen LogP contribution in [0.1, 0.15) is 16.4 Å². The number of aromatic hydroxyl groups is 1. The van der Waals surface area contributed by atoms with Crippen molar-refractivity contribution in [2.24, 2.45) is 5.92 Å². The van der Waals surface area contributed by atoms with Gasteiger partial charge in [-0.1, -0.05) is 30.0 Å². The highest BCUT2D eigenvalue weighted by Gasteiger charge is 2.56. The van der Waals surface area contributed by atoms with Gasteiger partial charge in [-0.05, 0) is 30.4 Å². The van der Waals surface area contributed by atoms with Crippen molar-refractivity contribution >= 4 is 58.5 Å². The van der Waals surface area contributed by atoms with E-state index in [0.717, 1.165) is 14.8 Å². The second-order valence-electron chi connectivity index (χ2n) is 7.09. The van der Waals surface area contributed by atoms with E-state index in [9.17, 15) is 24.8 Å². The number of rotatable bonds is 3. The molecule has 2 aromatic carbocycles. The number of thioether (sulfide) groups is 1. The molecule has 1 saturated heterocycles. The lowest BCUT2D eigenvalue weighted by atomic mass is 9.82. The number of aromatic amines is 1. The van der Waals surface area contributed by atoms with Crippen molar-refractivity contribution in [2.75, 3.05) is 4.90 Å². The van der Waals surface area contributed by atoms with Crippen molar-refractivity contribution < 1.29 is 19.6 Å². The molecule has 1 fully saturated rings. The predicted octanol–water partition coefficient (Wildman–Crippen LogP) is 4.22. The van der Waals surface area contributed by atoms with Crippen molar-refractivity contribution in [1.82, 2.24) is 4.98 Å². The Kier molecular flexibility index (Phi) is 4.68. The molecule has 8 nitrogen and oxygen atoms in total. The fraction of sp³-hybridized carbons (Fsp3) is 0.150. The van der Waals surface area contributed by atoms with Crippen molar-refractivity contribution in [3.63, 3.8) is 0 Å². The van der Waals surface area contributed by atoms with Crippen LogP contribution in [0, 0.1) is 20.0 Å². The minimum Gasteiger partial charge on any atom is -0.508 e. The molecule has 11 heteroatoms. The Balaban J connectivity index is 1.63. The first-order valence-corrected chi connectivity index (χ1v) is 11.3. The first kappa shape index (κ1) is 19.9. The molecule has 3 aromatic rings. The van der Waals surface area contributed by atoms with Gasteiger partial charge in [-0.25, -0.2) is 4.90 Å². The molecule has 156 valence electrons. The van der Waals surface area contributed by atoms with Crippen LogP contribution in [-0.4, -0.2) is 32.1 Å². The van der Waals surface area contributed by atoms with E-state index in [1.165, 1.54) is 47.4 Å². The molecule has 3 unspecified atom stereocenters. The number of nitrogens with zero attached hydrogens (tertiary/aromatic N) is 2. The monoisotopic (exact) mass is 471 g/mol. The van der Waals surface area contributed by atoms with E-state index < -0.39 is 33.8 Å². The molecule has 2 aliphatic heterocycles. The average Bonchev–Trinajstić information content (AvgIpc) is 3.23. The van der Waals surface area contributed by atoms with Gasteiger partial charge in [0.25, 0.3) is 5.69 Å². The molecule has 1 aromatic heterocycles. The van der Waals surface area contributed by atoms with E-state index in [2.05, 4.69) is 4.98 Å². The Morgan fingerprint density at radius 2 is 1.81 bits per heavy atom. The van der Waals surface area contributed by atoms with Gasteiger partial charge < -0.3 is 10.1 Å². The summed E-state index contributed by atoms with van der Waals surface area (Å²) in [6.07, 6.45) is 0. The van der Waals surface area contributed by atoms with Crippen LogP contribution in [0.25, 0.3) is 0 Å². The summed E-state index contributed by atoms with van der Waals surface area (Å²) in [6, 6.07) is 12.1. The molecular weight excluding hydrogens is 458 g/mol. The van der Waals surface area contributed by atoms with Crippen LogP contribution in [0.15, 0.2) is 53.6 Å². The molecule has 0 bridgehead atoms. The molecule has 0 spiro atoms. The zero-order valence-corrected chi connectivity index (χ0v) is 18.0. The second kappa shape index (κ2) is 7.29. The number of hydrogen-bond donors (Lipinski definition) is 2. The number of phenolic OH excluding ortho intramolecular Hbond substituents is 1. The number of nitro benzene ring substituents is 1. The van der Waals surface area contributed by atoms with Crippen LogP contribution < -0.4 is 4.90 Å². The lowest BCUT2D eigenvalue weighted by Gasteiger charge is -2.30. The summed E-state index contributed by atoms with van der Waals surface area (Å²) in [6.45, 7) is 0. The predicted molar refractivity (Wildman–Crippen MR) is 118 cm³/mol. The number of hydrogen-bond acceptors (Lipinski definition) is 8. The molecule has 2 amide bonds. The molecule has 2 N–H and O–H groups in total. The first-order chi connectivity index (χ1) is 14.9. The Labute approximate surface area is 188 Å². The van der Waals surface area contributed by atoms with Gasteiger partial charge in [0.05, 0.1) is 21.6 Å². The van der Waals surface area contributed by atoms with Crippen molar-refractivity contribution in [1.29, 1.82) is 0 Å². The van der Waals surface area contributed by atoms with E-state index in [1.807, 2.05) is 0 Å². The number of nitro groups is 1. The number of benzene rings is 2. The second-order valence-corrected chi connectivity index (χ2v) is 9.96. The minimum atomic E-state index is -0.741. The number of para-hydroxylation sites is 1. The van der Waals surface area contributed by atoms with Gasteiger partial charge in [0.1, 0.15) is 11.0 Å². The lowest BCUT2D eigenvalue weighted by molar-refractivity contribution is -0.384. The number of amides is 2. The van der Waals surface area contributed by atoms with Gasteiger partial charge in [-0.15, -0.1) is 11.3 Å². The van der Waals surface area contributed by atoms with E-state index in [0.29, 0.717) is 9.52 Å². The van der Waals surface area contributed by atoms with Crippen LogP contribution in [-0.2, 0) is 9.59 Å². The Morgan fingerprint density at radius 3 is 2.48 bits per heavy atom. The van der Waals surface area contributed by atoms with Gasteiger partial charge in [0.15, 0.2) is 3.95 Å². The maximum absolute atomic E-state index is 13.5. The molecule has 0 aliphatic carbocycles. The number of thiazole rings is 1. The third kappa shape index (κ3) is 3.08. The Hall–Kier alpha value is -3.02. The quantitative estimate of drug-likeness (QED) is 0.254. The van der Waals surface area contributed by atoms with Gasteiger partial charge >= 0.3 is 0 Å². The molecule has 0 saturated carbocycles. The number of carbonyl (C=O) groups is 2. The number of fused-ring (bicyclic) bond motifs is 2. The smallest absolute Gasteiger partial charge is 0.269 e. The van der Waals surface area contributed by atoms with Gasteiger partial charge in [0.2, 0.25) is 11.8 Å².